The van der Waals surface area contributed by atoms with Gasteiger partial charge in [-0.1, -0.05) is 5.16 Å². The van der Waals surface area contributed by atoms with Gasteiger partial charge in [-0.3, -0.25) is 0 Å². The highest BCUT2D eigenvalue weighted by Gasteiger charge is 2.32. The van der Waals surface area contributed by atoms with Crippen LogP contribution in [0.15, 0.2) is 28.8 Å². The van der Waals surface area contributed by atoms with E-state index in [9.17, 15) is 9.18 Å². The van der Waals surface area contributed by atoms with E-state index < -0.39 is 0 Å². The first-order chi connectivity index (χ1) is 13.1. The Kier molecular flexibility index (Phi) is 6.26. The van der Waals surface area contributed by atoms with Gasteiger partial charge in [-0.2, -0.15) is 4.98 Å². The first kappa shape index (κ1) is 19.1. The van der Waals surface area contributed by atoms with E-state index in [0.717, 1.165) is 6.42 Å². The molecule has 8 heteroatoms. The number of hydrogen-bond donors (Lipinski definition) is 0. The number of nitrogens with zero attached hydrogens (tertiary/aromatic N) is 4. The summed E-state index contributed by atoms with van der Waals surface area (Å²) in [6.07, 6.45) is 1.32. The molecule has 1 atom stereocenters. The van der Waals surface area contributed by atoms with Crippen molar-refractivity contribution in [2.24, 2.45) is 0 Å². The van der Waals surface area contributed by atoms with Gasteiger partial charge in [0.25, 0.3) is 0 Å². The Hall–Kier alpha value is -2.64. The van der Waals surface area contributed by atoms with Crippen molar-refractivity contribution >= 4 is 6.03 Å². The van der Waals surface area contributed by atoms with Crippen LogP contribution < -0.4 is 4.74 Å². The molecule has 1 aromatic carbocycles. The number of hydrogen-bond acceptors (Lipinski definition) is 5. The Morgan fingerprint density at radius 3 is 2.78 bits per heavy atom. The highest BCUT2D eigenvalue weighted by atomic mass is 19.1. The quantitative estimate of drug-likeness (QED) is 0.743. The van der Waals surface area contributed by atoms with Gasteiger partial charge in [-0.25, -0.2) is 9.18 Å². The Labute approximate surface area is 158 Å². The summed E-state index contributed by atoms with van der Waals surface area (Å²) in [6.45, 7) is 7.04. The van der Waals surface area contributed by atoms with Gasteiger partial charge in [0, 0.05) is 32.6 Å². The monoisotopic (exact) mass is 376 g/mol. The predicted octanol–water partition coefficient (Wildman–Crippen LogP) is 3.08. The Morgan fingerprint density at radius 1 is 1.33 bits per heavy atom. The van der Waals surface area contributed by atoms with Crippen molar-refractivity contribution in [2.75, 3.05) is 32.8 Å². The van der Waals surface area contributed by atoms with Crippen LogP contribution in [-0.2, 0) is 6.42 Å². The average Bonchev–Trinajstić information content (AvgIpc) is 3.33. The topological polar surface area (TPSA) is 71.7 Å². The zero-order valence-corrected chi connectivity index (χ0v) is 15.7. The predicted molar refractivity (Wildman–Crippen MR) is 97.1 cm³/mol. The molecule has 7 nitrogen and oxygen atoms in total. The van der Waals surface area contributed by atoms with Crippen molar-refractivity contribution in [3.8, 4) is 5.75 Å². The van der Waals surface area contributed by atoms with E-state index in [1.807, 2.05) is 23.6 Å². The molecule has 146 valence electrons. The normalized spacial score (nSPS) is 16.6. The lowest BCUT2D eigenvalue weighted by molar-refractivity contribution is 0.166. The van der Waals surface area contributed by atoms with Crippen molar-refractivity contribution in [3.05, 3.63) is 41.8 Å². The zero-order valence-electron chi connectivity index (χ0n) is 15.7. The molecule has 0 N–H and O–H groups in total. The molecule has 1 aliphatic heterocycles. The SMILES string of the molecule is CCN(CC)C(=O)N1CCC(c2nc(CCOc3ccc(F)cc3)no2)C1. The van der Waals surface area contributed by atoms with Gasteiger partial charge in [0.2, 0.25) is 5.89 Å². The molecule has 1 saturated heterocycles. The lowest BCUT2D eigenvalue weighted by Gasteiger charge is -2.25. The Bertz CT molecular complexity index is 746. The van der Waals surface area contributed by atoms with Crippen LogP contribution >= 0.6 is 0 Å². The molecule has 27 heavy (non-hydrogen) atoms. The van der Waals surface area contributed by atoms with Crippen LogP contribution in [0.2, 0.25) is 0 Å². The third-order valence-electron chi connectivity index (χ3n) is 4.73. The molecule has 1 fully saturated rings. The van der Waals surface area contributed by atoms with Gasteiger partial charge < -0.3 is 19.1 Å². The molecule has 0 saturated carbocycles. The number of carbonyl (C=O) groups excluding carboxylic acids is 1. The summed E-state index contributed by atoms with van der Waals surface area (Å²) in [5.41, 5.74) is 0. The van der Waals surface area contributed by atoms with Crippen LogP contribution in [0.1, 0.15) is 37.9 Å². The van der Waals surface area contributed by atoms with Gasteiger partial charge in [0.15, 0.2) is 5.82 Å². The van der Waals surface area contributed by atoms with Crippen molar-refractivity contribution in [1.29, 1.82) is 0 Å². The second kappa shape index (κ2) is 8.83. The number of benzene rings is 1. The van der Waals surface area contributed by atoms with Crippen molar-refractivity contribution < 1.29 is 18.4 Å². The number of urea groups is 1. The average molecular weight is 376 g/mol. The third kappa shape index (κ3) is 4.75. The summed E-state index contributed by atoms with van der Waals surface area (Å²) in [7, 11) is 0. The summed E-state index contributed by atoms with van der Waals surface area (Å²) >= 11 is 0. The summed E-state index contributed by atoms with van der Waals surface area (Å²) in [5, 5.41) is 4.00. The van der Waals surface area contributed by atoms with Crippen LogP contribution in [0, 0.1) is 5.82 Å². The van der Waals surface area contributed by atoms with Crippen LogP contribution in [0.3, 0.4) is 0 Å². The third-order valence-corrected chi connectivity index (χ3v) is 4.73. The van der Waals surface area contributed by atoms with Crippen LogP contribution in [-0.4, -0.2) is 58.8 Å². The van der Waals surface area contributed by atoms with Crippen LogP contribution in [0.4, 0.5) is 9.18 Å². The molecule has 2 heterocycles. The minimum Gasteiger partial charge on any atom is -0.493 e. The molecule has 1 aromatic heterocycles. The van der Waals surface area contributed by atoms with E-state index in [1.54, 1.807) is 12.1 Å². The highest BCUT2D eigenvalue weighted by Crippen LogP contribution is 2.26. The second-order valence-corrected chi connectivity index (χ2v) is 6.49. The van der Waals surface area contributed by atoms with E-state index in [-0.39, 0.29) is 17.8 Å². The first-order valence-corrected chi connectivity index (χ1v) is 9.35. The molecule has 0 radical (unpaired) electrons. The molecule has 0 spiro atoms. The molecule has 0 bridgehead atoms. The van der Waals surface area contributed by atoms with E-state index in [0.29, 0.717) is 56.7 Å². The molecule has 2 aromatic rings. The van der Waals surface area contributed by atoms with E-state index in [2.05, 4.69) is 10.1 Å². The molecule has 2 amide bonds. The smallest absolute Gasteiger partial charge is 0.320 e. The summed E-state index contributed by atoms with van der Waals surface area (Å²) in [4.78, 5) is 20.5. The number of aromatic nitrogens is 2. The van der Waals surface area contributed by atoms with Gasteiger partial charge in [0.1, 0.15) is 11.6 Å². The largest absolute Gasteiger partial charge is 0.493 e. The van der Waals surface area contributed by atoms with Crippen molar-refractivity contribution in [1.82, 2.24) is 19.9 Å². The Balaban J connectivity index is 1.49. The number of halogens is 1. The minimum atomic E-state index is -0.296. The zero-order chi connectivity index (χ0) is 19.2. The summed E-state index contributed by atoms with van der Waals surface area (Å²) in [5.74, 6) is 1.52. The molecule has 0 aliphatic carbocycles. The maximum absolute atomic E-state index is 12.9. The maximum Gasteiger partial charge on any atom is 0.320 e. The lowest BCUT2D eigenvalue weighted by Crippen LogP contribution is -2.41. The van der Waals surface area contributed by atoms with Crippen molar-refractivity contribution in [2.45, 2.75) is 32.6 Å². The fourth-order valence-electron chi connectivity index (χ4n) is 3.16. The fraction of sp³-hybridized carbons (Fsp3) is 0.526. The number of ether oxygens (including phenoxy) is 1. The molecule has 1 aliphatic rings. The van der Waals surface area contributed by atoms with Gasteiger partial charge in [-0.05, 0) is 44.5 Å². The minimum absolute atomic E-state index is 0.0648. The van der Waals surface area contributed by atoms with Gasteiger partial charge in [-0.15, -0.1) is 0 Å². The number of amides is 2. The second-order valence-electron chi connectivity index (χ2n) is 6.49. The van der Waals surface area contributed by atoms with Gasteiger partial charge in [0.05, 0.1) is 12.5 Å². The number of carbonyl (C=O) groups is 1. The number of rotatable bonds is 7. The standard InChI is InChI=1S/C19H25FN4O3/c1-3-23(4-2)19(25)24-11-9-14(13-24)18-21-17(22-27-18)10-12-26-16-7-5-15(20)6-8-16/h5-8,14H,3-4,9-13H2,1-2H3. The van der Waals surface area contributed by atoms with E-state index in [4.69, 9.17) is 9.26 Å². The Morgan fingerprint density at radius 2 is 2.07 bits per heavy atom. The maximum atomic E-state index is 12.9. The van der Waals surface area contributed by atoms with Crippen LogP contribution in [0.25, 0.3) is 0 Å². The van der Waals surface area contributed by atoms with E-state index in [1.165, 1.54) is 12.1 Å². The molecular weight excluding hydrogens is 351 g/mol. The molecular formula is C19H25FN4O3. The number of likely N-dealkylation sites (tertiary alicyclic amines) is 1. The van der Waals surface area contributed by atoms with Crippen LogP contribution in [0.5, 0.6) is 5.75 Å². The van der Waals surface area contributed by atoms with E-state index >= 15 is 0 Å². The molecule has 3 rings (SSSR count). The highest BCUT2D eigenvalue weighted by molar-refractivity contribution is 5.74. The van der Waals surface area contributed by atoms with Crippen molar-refractivity contribution in [3.63, 3.8) is 0 Å². The lowest BCUT2D eigenvalue weighted by atomic mass is 10.1. The summed E-state index contributed by atoms with van der Waals surface area (Å²) < 4.78 is 23.8. The molecule has 1 unspecified atom stereocenters. The summed E-state index contributed by atoms with van der Waals surface area (Å²) in [6, 6.07) is 5.93. The first-order valence-electron chi connectivity index (χ1n) is 9.35. The van der Waals surface area contributed by atoms with Gasteiger partial charge >= 0.3 is 6.03 Å². The fourth-order valence-corrected chi connectivity index (χ4v) is 3.16.